The van der Waals surface area contributed by atoms with Gasteiger partial charge in [0.15, 0.2) is 0 Å². The molecule has 0 aliphatic carbocycles. The normalized spacial score (nSPS) is 10.9. The smallest absolute Gasteiger partial charge is 0.137 e. The van der Waals surface area contributed by atoms with Gasteiger partial charge in [0.05, 0.1) is 9.09 Å². The summed E-state index contributed by atoms with van der Waals surface area (Å²) in [5, 5.41) is 7.69. The lowest BCUT2D eigenvalue weighted by molar-refractivity contribution is 0.622. The van der Waals surface area contributed by atoms with E-state index in [1.54, 1.807) is 6.07 Å². The minimum Gasteiger partial charge on any atom is -0.282 e. The van der Waals surface area contributed by atoms with Crippen molar-refractivity contribution in [1.29, 1.82) is 0 Å². The van der Waals surface area contributed by atoms with E-state index in [4.69, 9.17) is 0 Å². The Morgan fingerprint density at radius 1 is 1.50 bits per heavy atom. The molecular formula is C8H6FIN2. The second kappa shape index (κ2) is 2.69. The van der Waals surface area contributed by atoms with Crippen LogP contribution in [0.15, 0.2) is 12.1 Å². The summed E-state index contributed by atoms with van der Waals surface area (Å²) < 4.78 is 13.7. The van der Waals surface area contributed by atoms with Gasteiger partial charge in [-0.3, -0.25) is 5.10 Å². The fourth-order valence-corrected chi connectivity index (χ4v) is 1.58. The Hall–Kier alpha value is -0.650. The number of H-pyrrole nitrogens is 1. The van der Waals surface area contributed by atoms with Crippen molar-refractivity contribution < 1.29 is 4.39 Å². The number of aromatic amines is 1. The van der Waals surface area contributed by atoms with Crippen molar-refractivity contribution in [3.8, 4) is 0 Å². The molecule has 2 rings (SSSR count). The van der Waals surface area contributed by atoms with Gasteiger partial charge in [0.2, 0.25) is 0 Å². The first-order chi connectivity index (χ1) is 5.68. The highest BCUT2D eigenvalue weighted by Crippen LogP contribution is 2.20. The average Bonchev–Trinajstić information content (AvgIpc) is 2.35. The van der Waals surface area contributed by atoms with Gasteiger partial charge in [0.25, 0.3) is 0 Å². The first kappa shape index (κ1) is 7.97. The second-order valence-corrected chi connectivity index (χ2v) is 3.79. The van der Waals surface area contributed by atoms with Gasteiger partial charge in [-0.1, -0.05) is 0 Å². The number of rotatable bonds is 0. The molecule has 62 valence electrons. The van der Waals surface area contributed by atoms with E-state index in [0.717, 1.165) is 16.6 Å². The maximum atomic E-state index is 13.1. The second-order valence-electron chi connectivity index (χ2n) is 2.63. The zero-order valence-corrected chi connectivity index (χ0v) is 8.52. The van der Waals surface area contributed by atoms with Gasteiger partial charge < -0.3 is 0 Å². The molecule has 0 unspecified atom stereocenters. The summed E-state index contributed by atoms with van der Waals surface area (Å²) in [5.74, 6) is -0.187. The van der Waals surface area contributed by atoms with Crippen LogP contribution in [-0.4, -0.2) is 10.2 Å². The van der Waals surface area contributed by atoms with Crippen LogP contribution in [-0.2, 0) is 0 Å². The van der Waals surface area contributed by atoms with Gasteiger partial charge in [-0.15, -0.1) is 0 Å². The van der Waals surface area contributed by atoms with Crippen molar-refractivity contribution in [3.05, 3.63) is 27.2 Å². The van der Waals surface area contributed by atoms with Crippen LogP contribution in [0.4, 0.5) is 4.39 Å². The zero-order valence-electron chi connectivity index (χ0n) is 6.36. The lowest BCUT2D eigenvalue weighted by atomic mass is 10.2. The summed E-state index contributed by atoms with van der Waals surface area (Å²) in [4.78, 5) is 0. The van der Waals surface area contributed by atoms with Crippen LogP contribution in [0.3, 0.4) is 0 Å². The minimum atomic E-state index is -0.187. The summed E-state index contributed by atoms with van der Waals surface area (Å²) in [6.45, 7) is 1.88. The Morgan fingerprint density at radius 2 is 2.25 bits per heavy atom. The molecule has 0 amide bonds. The van der Waals surface area contributed by atoms with Crippen LogP contribution in [0.25, 0.3) is 10.9 Å². The molecule has 1 aromatic heterocycles. The Bertz CT molecular complexity index is 436. The van der Waals surface area contributed by atoms with Crippen LogP contribution in [0.2, 0.25) is 0 Å². The third-order valence-corrected chi connectivity index (χ3v) is 2.61. The maximum absolute atomic E-state index is 13.1. The molecule has 2 nitrogen and oxygen atoms in total. The minimum absolute atomic E-state index is 0.187. The van der Waals surface area contributed by atoms with E-state index in [2.05, 4.69) is 10.2 Å². The summed E-state index contributed by atoms with van der Waals surface area (Å²) in [5.41, 5.74) is 1.72. The van der Waals surface area contributed by atoms with E-state index >= 15 is 0 Å². The fraction of sp³-hybridized carbons (Fsp3) is 0.125. The van der Waals surface area contributed by atoms with Crippen molar-refractivity contribution in [2.75, 3.05) is 0 Å². The predicted molar refractivity (Wildman–Crippen MR) is 53.5 cm³/mol. The van der Waals surface area contributed by atoms with Crippen molar-refractivity contribution in [2.24, 2.45) is 0 Å². The number of aryl methyl sites for hydroxylation is 1. The first-order valence-electron chi connectivity index (χ1n) is 3.48. The van der Waals surface area contributed by atoms with Crippen molar-refractivity contribution in [3.63, 3.8) is 0 Å². The Kier molecular flexibility index (Phi) is 1.79. The molecule has 0 spiro atoms. The summed E-state index contributed by atoms with van der Waals surface area (Å²) in [6.07, 6.45) is 0. The number of benzene rings is 1. The predicted octanol–water partition coefficient (Wildman–Crippen LogP) is 2.62. The van der Waals surface area contributed by atoms with Gasteiger partial charge in [0.1, 0.15) is 5.82 Å². The number of fused-ring (bicyclic) bond motifs is 1. The molecule has 0 aliphatic rings. The first-order valence-corrected chi connectivity index (χ1v) is 4.56. The zero-order chi connectivity index (χ0) is 8.72. The number of hydrogen-bond donors (Lipinski definition) is 1. The van der Waals surface area contributed by atoms with Crippen LogP contribution in [0, 0.1) is 16.3 Å². The molecule has 0 atom stereocenters. The monoisotopic (exact) mass is 276 g/mol. The number of nitrogens with one attached hydrogen (secondary N) is 1. The Morgan fingerprint density at radius 3 is 3.00 bits per heavy atom. The SMILES string of the molecule is Cc1[nH]nc2cc(I)c(F)cc12. The Balaban J connectivity index is 2.87. The highest BCUT2D eigenvalue weighted by atomic mass is 127. The molecule has 1 aromatic carbocycles. The molecule has 1 N–H and O–H groups in total. The van der Waals surface area contributed by atoms with E-state index in [-0.39, 0.29) is 5.82 Å². The molecule has 1 heterocycles. The van der Waals surface area contributed by atoms with E-state index in [1.165, 1.54) is 6.07 Å². The highest BCUT2D eigenvalue weighted by molar-refractivity contribution is 14.1. The van der Waals surface area contributed by atoms with Crippen molar-refractivity contribution >= 4 is 33.5 Å². The molecule has 2 aromatic rings. The van der Waals surface area contributed by atoms with Gasteiger partial charge in [0, 0.05) is 11.1 Å². The van der Waals surface area contributed by atoms with Gasteiger partial charge in [-0.2, -0.15) is 5.10 Å². The number of nitrogens with zero attached hydrogens (tertiary/aromatic N) is 1. The van der Waals surface area contributed by atoms with E-state index in [0.29, 0.717) is 3.57 Å². The Labute approximate surface area is 82.3 Å². The van der Waals surface area contributed by atoms with Gasteiger partial charge >= 0.3 is 0 Å². The lowest BCUT2D eigenvalue weighted by Crippen LogP contribution is -1.80. The molecule has 4 heteroatoms. The lowest BCUT2D eigenvalue weighted by Gasteiger charge is -1.93. The fourth-order valence-electron chi connectivity index (χ4n) is 1.13. The van der Waals surface area contributed by atoms with Crippen LogP contribution in [0.1, 0.15) is 5.69 Å². The molecular weight excluding hydrogens is 270 g/mol. The standard InChI is InChI=1S/C8H6FIN2/c1-4-5-2-6(9)7(10)3-8(5)12-11-4/h2-3H,1H3,(H,11,12). The topological polar surface area (TPSA) is 28.7 Å². The molecule has 0 aliphatic heterocycles. The van der Waals surface area contributed by atoms with Crippen molar-refractivity contribution in [1.82, 2.24) is 10.2 Å². The van der Waals surface area contributed by atoms with Crippen LogP contribution in [0.5, 0.6) is 0 Å². The van der Waals surface area contributed by atoms with Gasteiger partial charge in [-0.05, 0) is 41.6 Å². The van der Waals surface area contributed by atoms with Crippen LogP contribution >= 0.6 is 22.6 Å². The highest BCUT2D eigenvalue weighted by Gasteiger charge is 2.05. The van der Waals surface area contributed by atoms with E-state index < -0.39 is 0 Å². The summed E-state index contributed by atoms with van der Waals surface area (Å²) >= 11 is 1.95. The number of halogens is 2. The largest absolute Gasteiger partial charge is 0.282 e. The summed E-state index contributed by atoms with van der Waals surface area (Å²) in [6, 6.07) is 3.24. The quantitative estimate of drug-likeness (QED) is 0.736. The van der Waals surface area contributed by atoms with Crippen LogP contribution < -0.4 is 0 Å². The molecule has 0 saturated carbocycles. The van der Waals surface area contributed by atoms with Gasteiger partial charge in [-0.25, -0.2) is 4.39 Å². The third-order valence-electron chi connectivity index (χ3n) is 1.79. The molecule has 0 fully saturated rings. The number of hydrogen-bond acceptors (Lipinski definition) is 1. The van der Waals surface area contributed by atoms with E-state index in [9.17, 15) is 4.39 Å². The maximum Gasteiger partial charge on any atom is 0.137 e. The molecule has 0 radical (unpaired) electrons. The van der Waals surface area contributed by atoms with E-state index in [1.807, 2.05) is 29.5 Å². The molecule has 0 saturated heterocycles. The summed E-state index contributed by atoms with van der Waals surface area (Å²) in [7, 11) is 0. The number of aromatic nitrogens is 2. The third kappa shape index (κ3) is 1.10. The molecule has 0 bridgehead atoms. The molecule has 12 heavy (non-hydrogen) atoms. The average molecular weight is 276 g/mol. The van der Waals surface area contributed by atoms with Crippen molar-refractivity contribution in [2.45, 2.75) is 6.92 Å².